The molecular weight excluding hydrogens is 348 g/mol. The molecule has 0 unspecified atom stereocenters. The third kappa shape index (κ3) is 5.08. The van der Waals surface area contributed by atoms with Crippen molar-refractivity contribution in [3.8, 4) is 0 Å². The van der Waals surface area contributed by atoms with E-state index in [2.05, 4.69) is 24.5 Å². The lowest BCUT2D eigenvalue weighted by atomic mass is 10.0. The van der Waals surface area contributed by atoms with E-state index in [0.717, 1.165) is 11.3 Å². The molecule has 2 aromatic carbocycles. The molecule has 2 N–H and O–H groups in total. The Bertz CT molecular complexity index is 901. The fraction of sp³-hybridized carbons (Fsp3) is 0.350. The van der Waals surface area contributed by atoms with Gasteiger partial charge in [0, 0.05) is 17.6 Å². The maximum atomic E-state index is 12.2. The summed E-state index contributed by atoms with van der Waals surface area (Å²) in [7, 11) is -3.32. The van der Waals surface area contributed by atoms with Gasteiger partial charge in [0.1, 0.15) is 0 Å². The first-order valence-electron chi connectivity index (χ1n) is 8.53. The van der Waals surface area contributed by atoms with Crippen LogP contribution in [0.1, 0.15) is 36.5 Å². The van der Waals surface area contributed by atoms with Crippen LogP contribution in [-0.4, -0.2) is 27.1 Å². The first-order valence-corrected chi connectivity index (χ1v) is 10.4. The molecule has 0 spiro atoms. The standard InChI is InChI=1S/C20H26N2O3S/c1-13(2)16-6-8-17(9-7-16)22-20(23)12-21-18-10-14(3)11-19(15(18)4)26(5,24)25/h6-11,13,21H,12H2,1-5H3,(H,22,23). The van der Waals surface area contributed by atoms with Gasteiger partial charge in [-0.15, -0.1) is 0 Å². The smallest absolute Gasteiger partial charge is 0.243 e. The monoisotopic (exact) mass is 374 g/mol. The maximum Gasteiger partial charge on any atom is 0.243 e. The van der Waals surface area contributed by atoms with Crippen molar-refractivity contribution < 1.29 is 13.2 Å². The van der Waals surface area contributed by atoms with Crippen LogP contribution in [0, 0.1) is 13.8 Å². The molecule has 140 valence electrons. The van der Waals surface area contributed by atoms with Crippen molar-refractivity contribution in [1.29, 1.82) is 0 Å². The van der Waals surface area contributed by atoms with Crippen molar-refractivity contribution in [2.75, 3.05) is 23.4 Å². The number of hydrogen-bond donors (Lipinski definition) is 2. The number of aryl methyl sites for hydroxylation is 1. The molecule has 0 aromatic heterocycles. The Morgan fingerprint density at radius 1 is 1.08 bits per heavy atom. The molecule has 0 fully saturated rings. The molecule has 6 heteroatoms. The molecule has 0 aliphatic rings. The molecule has 0 atom stereocenters. The number of carbonyl (C=O) groups is 1. The number of amides is 1. The third-order valence-corrected chi connectivity index (χ3v) is 5.43. The zero-order valence-electron chi connectivity index (χ0n) is 15.9. The molecular formula is C20H26N2O3S. The Labute approximate surface area is 155 Å². The van der Waals surface area contributed by atoms with Gasteiger partial charge in [0.05, 0.1) is 11.4 Å². The van der Waals surface area contributed by atoms with E-state index < -0.39 is 9.84 Å². The Morgan fingerprint density at radius 3 is 2.23 bits per heavy atom. The average Bonchev–Trinajstić information content (AvgIpc) is 2.54. The lowest BCUT2D eigenvalue weighted by Crippen LogP contribution is -2.22. The normalized spacial score (nSPS) is 11.5. The van der Waals surface area contributed by atoms with Gasteiger partial charge in [-0.25, -0.2) is 8.42 Å². The van der Waals surface area contributed by atoms with Gasteiger partial charge >= 0.3 is 0 Å². The molecule has 0 aliphatic carbocycles. The molecule has 0 saturated heterocycles. The largest absolute Gasteiger partial charge is 0.376 e. The summed E-state index contributed by atoms with van der Waals surface area (Å²) in [5.74, 6) is 0.249. The van der Waals surface area contributed by atoms with Crippen LogP contribution in [0.25, 0.3) is 0 Å². The molecule has 0 bridgehead atoms. The number of rotatable bonds is 6. The van der Waals surface area contributed by atoms with Crippen LogP contribution in [0.5, 0.6) is 0 Å². The van der Waals surface area contributed by atoms with Gasteiger partial charge in [0.2, 0.25) is 5.91 Å². The third-order valence-electron chi connectivity index (χ3n) is 4.20. The highest BCUT2D eigenvalue weighted by Crippen LogP contribution is 2.25. The first kappa shape index (κ1) is 20.0. The van der Waals surface area contributed by atoms with Crippen molar-refractivity contribution in [1.82, 2.24) is 0 Å². The number of anilines is 2. The molecule has 2 aromatic rings. The number of hydrogen-bond acceptors (Lipinski definition) is 4. The van der Waals surface area contributed by atoms with Crippen molar-refractivity contribution in [2.24, 2.45) is 0 Å². The molecule has 26 heavy (non-hydrogen) atoms. The Morgan fingerprint density at radius 2 is 1.69 bits per heavy atom. The summed E-state index contributed by atoms with van der Waals surface area (Å²) in [6.45, 7) is 7.86. The van der Waals surface area contributed by atoms with Crippen LogP contribution in [0.4, 0.5) is 11.4 Å². The summed E-state index contributed by atoms with van der Waals surface area (Å²) in [5.41, 5.74) is 4.04. The van der Waals surface area contributed by atoms with Gasteiger partial charge in [0.25, 0.3) is 0 Å². The number of carbonyl (C=O) groups excluding carboxylic acids is 1. The average molecular weight is 375 g/mol. The van der Waals surface area contributed by atoms with E-state index in [4.69, 9.17) is 0 Å². The minimum Gasteiger partial charge on any atom is -0.376 e. The summed E-state index contributed by atoms with van der Waals surface area (Å²) in [6.07, 6.45) is 1.19. The van der Waals surface area contributed by atoms with Crippen molar-refractivity contribution in [2.45, 2.75) is 38.5 Å². The van der Waals surface area contributed by atoms with Crippen LogP contribution in [0.2, 0.25) is 0 Å². The highest BCUT2D eigenvalue weighted by molar-refractivity contribution is 7.90. The lowest BCUT2D eigenvalue weighted by Gasteiger charge is -2.14. The quantitative estimate of drug-likeness (QED) is 0.804. The minimum atomic E-state index is -3.32. The van der Waals surface area contributed by atoms with E-state index in [9.17, 15) is 13.2 Å². The van der Waals surface area contributed by atoms with Crippen LogP contribution in [0.15, 0.2) is 41.3 Å². The molecule has 5 nitrogen and oxygen atoms in total. The summed E-state index contributed by atoms with van der Waals surface area (Å²) in [5, 5.41) is 5.88. The van der Waals surface area contributed by atoms with Crippen LogP contribution < -0.4 is 10.6 Å². The van der Waals surface area contributed by atoms with Gasteiger partial charge in [0.15, 0.2) is 9.84 Å². The van der Waals surface area contributed by atoms with Crippen LogP contribution in [-0.2, 0) is 14.6 Å². The number of nitrogens with one attached hydrogen (secondary N) is 2. The molecule has 0 radical (unpaired) electrons. The second kappa shape index (κ2) is 7.91. The topological polar surface area (TPSA) is 75.3 Å². The molecule has 2 rings (SSSR count). The number of benzene rings is 2. The van der Waals surface area contributed by atoms with Gasteiger partial charge < -0.3 is 10.6 Å². The Hall–Kier alpha value is -2.34. The minimum absolute atomic E-state index is 0.0550. The highest BCUT2D eigenvalue weighted by atomic mass is 32.2. The lowest BCUT2D eigenvalue weighted by molar-refractivity contribution is -0.114. The molecule has 0 heterocycles. The summed E-state index contributed by atoms with van der Waals surface area (Å²) in [4.78, 5) is 12.5. The fourth-order valence-corrected chi connectivity index (χ4v) is 3.79. The van der Waals surface area contributed by atoms with E-state index in [1.54, 1.807) is 13.0 Å². The molecule has 0 saturated carbocycles. The van der Waals surface area contributed by atoms with E-state index in [1.165, 1.54) is 11.8 Å². The molecule has 0 aliphatic heterocycles. The predicted octanol–water partition coefficient (Wildman–Crippen LogP) is 3.88. The van der Waals surface area contributed by atoms with Gasteiger partial charge in [-0.1, -0.05) is 26.0 Å². The van der Waals surface area contributed by atoms with Gasteiger partial charge in [-0.2, -0.15) is 0 Å². The number of sulfone groups is 1. The summed E-state index contributed by atoms with van der Waals surface area (Å²) < 4.78 is 23.8. The van der Waals surface area contributed by atoms with E-state index in [-0.39, 0.29) is 17.3 Å². The SMILES string of the molecule is Cc1cc(NCC(=O)Nc2ccc(C(C)C)cc2)c(C)c(S(C)(=O)=O)c1. The van der Waals surface area contributed by atoms with Crippen molar-refractivity contribution >= 4 is 27.1 Å². The maximum absolute atomic E-state index is 12.2. The van der Waals surface area contributed by atoms with E-state index in [0.29, 0.717) is 17.2 Å². The Balaban J connectivity index is 2.06. The highest BCUT2D eigenvalue weighted by Gasteiger charge is 2.15. The second-order valence-corrected chi connectivity index (χ2v) is 8.87. The zero-order valence-corrected chi connectivity index (χ0v) is 16.7. The predicted molar refractivity (Wildman–Crippen MR) is 107 cm³/mol. The van der Waals surface area contributed by atoms with Crippen molar-refractivity contribution in [3.63, 3.8) is 0 Å². The Kier molecular flexibility index (Phi) is 6.08. The van der Waals surface area contributed by atoms with Crippen LogP contribution >= 0.6 is 0 Å². The first-order chi connectivity index (χ1) is 12.1. The fourth-order valence-electron chi connectivity index (χ4n) is 2.73. The van der Waals surface area contributed by atoms with Gasteiger partial charge in [-0.3, -0.25) is 4.79 Å². The second-order valence-electron chi connectivity index (χ2n) is 6.89. The summed E-state index contributed by atoms with van der Waals surface area (Å²) in [6, 6.07) is 11.2. The van der Waals surface area contributed by atoms with E-state index >= 15 is 0 Å². The van der Waals surface area contributed by atoms with Crippen LogP contribution in [0.3, 0.4) is 0 Å². The van der Waals surface area contributed by atoms with Gasteiger partial charge in [-0.05, 0) is 60.7 Å². The summed E-state index contributed by atoms with van der Waals surface area (Å²) >= 11 is 0. The molecule has 1 amide bonds. The van der Waals surface area contributed by atoms with E-state index in [1.807, 2.05) is 37.3 Å². The zero-order chi connectivity index (χ0) is 19.5. The van der Waals surface area contributed by atoms with Crippen molar-refractivity contribution in [3.05, 3.63) is 53.1 Å².